The molecular formula is C24H25ClN6. The summed E-state index contributed by atoms with van der Waals surface area (Å²) >= 11 is 6.15. The second-order valence-corrected chi connectivity index (χ2v) is 8.68. The number of nitrogen functional groups attached to an aromatic ring is 1. The van der Waals surface area contributed by atoms with E-state index in [1.54, 1.807) is 4.52 Å². The molecule has 0 spiro atoms. The Morgan fingerprint density at radius 3 is 2.48 bits per heavy atom. The fourth-order valence-electron chi connectivity index (χ4n) is 4.28. The molecule has 2 heterocycles. The highest BCUT2D eigenvalue weighted by Gasteiger charge is 2.23. The van der Waals surface area contributed by atoms with Crippen LogP contribution < -0.4 is 16.8 Å². The summed E-state index contributed by atoms with van der Waals surface area (Å²) in [5.41, 5.74) is 17.8. The topological polar surface area (TPSA) is 94.3 Å². The van der Waals surface area contributed by atoms with Crippen LogP contribution in [0.2, 0.25) is 5.02 Å². The van der Waals surface area contributed by atoms with Crippen LogP contribution in [-0.2, 0) is 0 Å². The van der Waals surface area contributed by atoms with E-state index in [1.165, 1.54) is 0 Å². The molecule has 2 aromatic carbocycles. The molecule has 0 amide bonds. The lowest BCUT2D eigenvalue weighted by atomic mass is 9.85. The van der Waals surface area contributed by atoms with Gasteiger partial charge in [0.1, 0.15) is 0 Å². The number of aromatic nitrogens is 3. The van der Waals surface area contributed by atoms with Crippen molar-refractivity contribution in [2.75, 3.05) is 11.1 Å². The molecule has 5 N–H and O–H groups in total. The molecule has 0 bridgehead atoms. The van der Waals surface area contributed by atoms with Crippen molar-refractivity contribution in [1.29, 1.82) is 0 Å². The summed E-state index contributed by atoms with van der Waals surface area (Å²) in [4.78, 5) is 4.77. The zero-order chi connectivity index (χ0) is 21.4. The van der Waals surface area contributed by atoms with E-state index in [4.69, 9.17) is 33.2 Å². The minimum absolute atomic E-state index is 0.315. The van der Waals surface area contributed by atoms with Crippen LogP contribution in [-0.4, -0.2) is 20.6 Å². The Labute approximate surface area is 186 Å². The predicted octanol–water partition coefficient (Wildman–Crippen LogP) is 5.36. The highest BCUT2D eigenvalue weighted by molar-refractivity contribution is 6.30. The second kappa shape index (κ2) is 8.21. The summed E-state index contributed by atoms with van der Waals surface area (Å²) in [5.74, 6) is 1.09. The first-order valence-electron chi connectivity index (χ1n) is 10.6. The Hall–Kier alpha value is -3.09. The SMILES string of the molecule is Nc1cc(Nc2cccc(-c3cccc(Cl)c3)c2)nn2cc([C@H]3CC[C@H](N)CC3)nc12. The van der Waals surface area contributed by atoms with Crippen molar-refractivity contribution in [3.8, 4) is 11.1 Å². The maximum absolute atomic E-state index is 6.32. The number of imidazole rings is 1. The van der Waals surface area contributed by atoms with E-state index < -0.39 is 0 Å². The lowest BCUT2D eigenvalue weighted by molar-refractivity contribution is 0.391. The predicted molar refractivity (Wildman–Crippen MR) is 127 cm³/mol. The van der Waals surface area contributed by atoms with Gasteiger partial charge < -0.3 is 16.8 Å². The Balaban J connectivity index is 1.41. The first kappa shape index (κ1) is 19.8. The van der Waals surface area contributed by atoms with E-state index in [0.717, 1.165) is 48.2 Å². The molecule has 0 unspecified atom stereocenters. The second-order valence-electron chi connectivity index (χ2n) is 8.25. The summed E-state index contributed by atoms with van der Waals surface area (Å²) < 4.78 is 1.78. The Kier molecular flexibility index (Phi) is 5.26. The molecule has 31 heavy (non-hydrogen) atoms. The van der Waals surface area contributed by atoms with Gasteiger partial charge in [-0.05, 0) is 61.1 Å². The van der Waals surface area contributed by atoms with Crippen molar-refractivity contribution in [3.05, 3.63) is 71.5 Å². The van der Waals surface area contributed by atoms with Gasteiger partial charge in [0.15, 0.2) is 11.5 Å². The third kappa shape index (κ3) is 4.22. The zero-order valence-electron chi connectivity index (χ0n) is 17.1. The number of rotatable bonds is 4. The van der Waals surface area contributed by atoms with Crippen LogP contribution >= 0.6 is 11.6 Å². The normalized spacial score (nSPS) is 18.9. The standard InChI is InChI=1S/C24H25ClN6/c25-18-5-1-3-16(11-18)17-4-2-6-20(12-17)28-23-13-21(27)24-29-22(14-31(24)30-23)15-7-9-19(26)10-8-15/h1-6,11-15,19H,7-10,26-27H2,(H,28,30)/t15-,19-. The van der Waals surface area contributed by atoms with Gasteiger partial charge in [-0.2, -0.15) is 0 Å². The van der Waals surface area contributed by atoms with Gasteiger partial charge >= 0.3 is 0 Å². The van der Waals surface area contributed by atoms with Gasteiger partial charge in [-0.3, -0.25) is 0 Å². The maximum atomic E-state index is 6.32. The molecule has 0 saturated heterocycles. The van der Waals surface area contributed by atoms with Crippen molar-refractivity contribution in [3.63, 3.8) is 0 Å². The molecule has 1 saturated carbocycles. The highest BCUT2D eigenvalue weighted by atomic mass is 35.5. The number of hydrogen-bond acceptors (Lipinski definition) is 5. The summed E-state index contributed by atoms with van der Waals surface area (Å²) in [7, 11) is 0. The van der Waals surface area contributed by atoms with E-state index in [9.17, 15) is 0 Å². The number of halogens is 1. The van der Waals surface area contributed by atoms with Gasteiger partial charge in [0.05, 0.1) is 17.6 Å². The van der Waals surface area contributed by atoms with E-state index in [1.807, 2.05) is 48.7 Å². The molecule has 4 aromatic rings. The fraction of sp³-hybridized carbons (Fsp3) is 0.250. The van der Waals surface area contributed by atoms with Gasteiger partial charge in [-0.15, -0.1) is 5.10 Å². The monoisotopic (exact) mass is 432 g/mol. The molecule has 1 aliphatic carbocycles. The van der Waals surface area contributed by atoms with E-state index >= 15 is 0 Å². The molecule has 0 aliphatic heterocycles. The molecular weight excluding hydrogens is 408 g/mol. The van der Waals surface area contributed by atoms with Crippen molar-refractivity contribution in [2.45, 2.75) is 37.6 Å². The maximum Gasteiger partial charge on any atom is 0.177 e. The number of anilines is 3. The lowest BCUT2D eigenvalue weighted by Gasteiger charge is -2.24. The van der Waals surface area contributed by atoms with Crippen LogP contribution in [0.25, 0.3) is 16.8 Å². The molecule has 0 atom stereocenters. The number of nitrogens with zero attached hydrogens (tertiary/aromatic N) is 3. The fourth-order valence-corrected chi connectivity index (χ4v) is 4.47. The van der Waals surface area contributed by atoms with Crippen molar-refractivity contribution in [1.82, 2.24) is 14.6 Å². The minimum Gasteiger partial charge on any atom is -0.396 e. The lowest BCUT2D eigenvalue weighted by Crippen LogP contribution is -2.25. The Bertz CT molecular complexity index is 1230. The van der Waals surface area contributed by atoms with Crippen molar-refractivity contribution < 1.29 is 0 Å². The summed E-state index contributed by atoms with van der Waals surface area (Å²) in [6.45, 7) is 0. The van der Waals surface area contributed by atoms with Crippen LogP contribution in [0.4, 0.5) is 17.2 Å². The first-order chi connectivity index (χ1) is 15.0. The van der Waals surface area contributed by atoms with Crippen LogP contribution in [0.1, 0.15) is 37.3 Å². The quantitative estimate of drug-likeness (QED) is 0.403. The number of benzene rings is 2. The van der Waals surface area contributed by atoms with Gasteiger partial charge in [0.2, 0.25) is 0 Å². The van der Waals surface area contributed by atoms with Gasteiger partial charge in [-0.1, -0.05) is 35.9 Å². The van der Waals surface area contributed by atoms with E-state index in [0.29, 0.717) is 34.1 Å². The number of hydrogen-bond donors (Lipinski definition) is 3. The molecule has 2 aromatic heterocycles. The molecule has 6 nitrogen and oxygen atoms in total. The largest absolute Gasteiger partial charge is 0.396 e. The van der Waals surface area contributed by atoms with Crippen LogP contribution in [0, 0.1) is 0 Å². The highest BCUT2D eigenvalue weighted by Crippen LogP contribution is 2.33. The van der Waals surface area contributed by atoms with Crippen molar-refractivity contribution in [2.24, 2.45) is 5.73 Å². The average Bonchev–Trinajstić information content (AvgIpc) is 3.19. The van der Waals surface area contributed by atoms with Crippen LogP contribution in [0.3, 0.4) is 0 Å². The number of nitrogens with one attached hydrogen (secondary N) is 1. The van der Waals surface area contributed by atoms with E-state index in [-0.39, 0.29) is 0 Å². The molecule has 1 fully saturated rings. The smallest absolute Gasteiger partial charge is 0.177 e. The van der Waals surface area contributed by atoms with Crippen LogP contribution in [0.15, 0.2) is 60.8 Å². The zero-order valence-corrected chi connectivity index (χ0v) is 17.9. The van der Waals surface area contributed by atoms with Gasteiger partial charge in [0, 0.05) is 28.7 Å². The molecule has 158 valence electrons. The Morgan fingerprint density at radius 1 is 0.968 bits per heavy atom. The number of fused-ring (bicyclic) bond motifs is 1. The third-order valence-electron chi connectivity index (χ3n) is 5.96. The molecule has 1 aliphatic rings. The molecule has 0 radical (unpaired) electrons. The summed E-state index contributed by atoms with van der Waals surface area (Å²) in [6, 6.07) is 18.1. The Morgan fingerprint density at radius 2 is 1.71 bits per heavy atom. The van der Waals surface area contributed by atoms with Gasteiger partial charge in [0.25, 0.3) is 0 Å². The summed E-state index contributed by atoms with van der Waals surface area (Å²) in [5, 5.41) is 8.78. The van der Waals surface area contributed by atoms with Crippen molar-refractivity contribution >= 4 is 34.4 Å². The number of nitrogens with two attached hydrogens (primary N) is 2. The summed E-state index contributed by atoms with van der Waals surface area (Å²) in [6.07, 6.45) is 6.20. The average molecular weight is 433 g/mol. The van der Waals surface area contributed by atoms with Gasteiger partial charge in [-0.25, -0.2) is 9.50 Å². The third-order valence-corrected chi connectivity index (χ3v) is 6.19. The van der Waals surface area contributed by atoms with E-state index in [2.05, 4.69) is 17.4 Å². The molecule has 5 rings (SSSR count). The first-order valence-corrected chi connectivity index (χ1v) is 11.0. The van der Waals surface area contributed by atoms with Crippen LogP contribution in [0.5, 0.6) is 0 Å². The minimum atomic E-state index is 0.315. The molecule has 7 heteroatoms.